The Morgan fingerprint density at radius 3 is 2.89 bits per heavy atom. The minimum atomic E-state index is 0.372. The average Bonchev–Trinajstić information content (AvgIpc) is 2.92. The summed E-state index contributed by atoms with van der Waals surface area (Å²) in [6.45, 7) is 5.06. The number of nitrogens with zero attached hydrogens (tertiary/aromatic N) is 3. The van der Waals surface area contributed by atoms with Crippen LogP contribution in [0.4, 0.5) is 5.69 Å². The Bertz CT molecular complexity index is 416. The lowest BCUT2D eigenvalue weighted by Crippen LogP contribution is -2.33. The molecule has 1 saturated heterocycles. The number of hydrogen-bond donors (Lipinski definition) is 1. The van der Waals surface area contributed by atoms with E-state index in [0.29, 0.717) is 12.0 Å². The Balaban J connectivity index is 2.27. The highest BCUT2D eigenvalue weighted by Gasteiger charge is 2.23. The lowest BCUT2D eigenvalue weighted by Gasteiger charge is -2.27. The van der Waals surface area contributed by atoms with Crippen LogP contribution < -0.4 is 10.2 Å². The van der Waals surface area contributed by atoms with Crippen molar-refractivity contribution in [3.8, 4) is 0 Å². The van der Waals surface area contributed by atoms with E-state index in [-0.39, 0.29) is 0 Å². The predicted molar refractivity (Wildman–Crippen MR) is 83.0 cm³/mol. The Morgan fingerprint density at radius 1 is 1.53 bits per heavy atom. The van der Waals surface area contributed by atoms with Crippen LogP contribution >= 0.6 is 11.8 Å². The van der Waals surface area contributed by atoms with E-state index < -0.39 is 0 Å². The minimum Gasteiger partial charge on any atom is -0.368 e. The monoisotopic (exact) mass is 280 g/mol. The van der Waals surface area contributed by atoms with Crippen LogP contribution in [0.25, 0.3) is 0 Å². The molecule has 0 amide bonds. The molecule has 0 radical (unpaired) electrons. The quantitative estimate of drug-likeness (QED) is 0.896. The summed E-state index contributed by atoms with van der Waals surface area (Å²) in [4.78, 5) is 11.6. The average molecular weight is 280 g/mol. The van der Waals surface area contributed by atoms with Crippen LogP contribution in [0.15, 0.2) is 6.20 Å². The molecule has 1 aromatic rings. The van der Waals surface area contributed by atoms with Crippen LogP contribution in [-0.2, 0) is 6.54 Å². The zero-order valence-electron chi connectivity index (χ0n) is 12.3. The third kappa shape index (κ3) is 3.39. The number of aromatic nitrogens is 2. The second-order valence-corrected chi connectivity index (χ2v) is 6.52. The maximum atomic E-state index is 4.73. The Labute approximate surface area is 120 Å². The van der Waals surface area contributed by atoms with Crippen molar-refractivity contribution in [1.82, 2.24) is 15.3 Å². The summed E-state index contributed by atoms with van der Waals surface area (Å²) >= 11 is 2.03. The summed E-state index contributed by atoms with van der Waals surface area (Å²) in [6.07, 6.45) is 3.25. The fourth-order valence-electron chi connectivity index (χ4n) is 2.32. The predicted octanol–water partition coefficient (Wildman–Crippen LogP) is 2.26. The van der Waals surface area contributed by atoms with Crippen LogP contribution in [0.1, 0.15) is 37.7 Å². The first-order chi connectivity index (χ1) is 9.13. The van der Waals surface area contributed by atoms with Crippen LogP contribution in [0.3, 0.4) is 0 Å². The molecule has 0 saturated carbocycles. The van der Waals surface area contributed by atoms with E-state index >= 15 is 0 Å². The van der Waals surface area contributed by atoms with Crippen molar-refractivity contribution in [2.75, 3.05) is 30.5 Å². The molecule has 19 heavy (non-hydrogen) atoms. The smallest absolute Gasteiger partial charge is 0.131 e. The molecule has 5 heteroatoms. The standard InChI is InChI=1S/C14H24N4S/c1-10(2)14-16-8-13(12(17-14)7-15-3)18(4)11-5-6-19-9-11/h8,10-11,15H,5-7,9H2,1-4H3. The molecule has 1 aliphatic rings. The van der Waals surface area contributed by atoms with Crippen molar-refractivity contribution in [3.05, 3.63) is 17.7 Å². The van der Waals surface area contributed by atoms with Crippen LogP contribution in [0, 0.1) is 0 Å². The molecule has 4 nitrogen and oxygen atoms in total. The summed E-state index contributed by atoms with van der Waals surface area (Å²) in [7, 11) is 4.13. The molecular weight excluding hydrogens is 256 g/mol. The van der Waals surface area contributed by atoms with Gasteiger partial charge in [-0.3, -0.25) is 0 Å². The second kappa shape index (κ2) is 6.57. The first-order valence-corrected chi connectivity index (χ1v) is 8.10. The molecule has 0 aliphatic carbocycles. The number of hydrogen-bond acceptors (Lipinski definition) is 5. The van der Waals surface area contributed by atoms with E-state index in [4.69, 9.17) is 4.98 Å². The van der Waals surface area contributed by atoms with Gasteiger partial charge in [-0.05, 0) is 19.2 Å². The highest BCUT2D eigenvalue weighted by Crippen LogP contribution is 2.27. The molecule has 106 valence electrons. The molecule has 2 rings (SSSR count). The first kappa shape index (κ1) is 14.6. The van der Waals surface area contributed by atoms with Gasteiger partial charge < -0.3 is 10.2 Å². The molecular formula is C14H24N4S. The van der Waals surface area contributed by atoms with Crippen molar-refractivity contribution < 1.29 is 0 Å². The molecule has 0 aromatic carbocycles. The van der Waals surface area contributed by atoms with E-state index in [0.717, 1.165) is 18.1 Å². The van der Waals surface area contributed by atoms with Crippen LogP contribution in [-0.4, -0.2) is 41.6 Å². The van der Waals surface area contributed by atoms with Gasteiger partial charge in [0.25, 0.3) is 0 Å². The topological polar surface area (TPSA) is 41.1 Å². The van der Waals surface area contributed by atoms with Crippen molar-refractivity contribution in [3.63, 3.8) is 0 Å². The maximum absolute atomic E-state index is 4.73. The largest absolute Gasteiger partial charge is 0.368 e. The normalized spacial score (nSPS) is 19.1. The van der Waals surface area contributed by atoms with Gasteiger partial charge in [-0.25, -0.2) is 9.97 Å². The number of anilines is 1. The molecule has 0 bridgehead atoms. The van der Waals surface area contributed by atoms with E-state index in [1.807, 2.05) is 25.0 Å². The Kier molecular flexibility index (Phi) is 5.05. The molecule has 1 atom stereocenters. The zero-order chi connectivity index (χ0) is 13.8. The van der Waals surface area contributed by atoms with Crippen LogP contribution in [0.2, 0.25) is 0 Å². The van der Waals surface area contributed by atoms with Gasteiger partial charge in [-0.15, -0.1) is 0 Å². The summed E-state index contributed by atoms with van der Waals surface area (Å²) < 4.78 is 0. The van der Waals surface area contributed by atoms with Gasteiger partial charge in [0.1, 0.15) is 5.82 Å². The highest BCUT2D eigenvalue weighted by molar-refractivity contribution is 7.99. The summed E-state index contributed by atoms with van der Waals surface area (Å²) in [5, 5.41) is 3.21. The van der Waals surface area contributed by atoms with Gasteiger partial charge in [-0.1, -0.05) is 13.8 Å². The molecule has 0 spiro atoms. The van der Waals surface area contributed by atoms with E-state index in [2.05, 4.69) is 36.1 Å². The van der Waals surface area contributed by atoms with Gasteiger partial charge in [0.2, 0.25) is 0 Å². The Morgan fingerprint density at radius 2 is 2.32 bits per heavy atom. The SMILES string of the molecule is CNCc1nc(C(C)C)ncc1N(C)C1CCSC1. The third-order valence-electron chi connectivity index (χ3n) is 3.56. The van der Waals surface area contributed by atoms with Crippen molar-refractivity contribution in [2.24, 2.45) is 0 Å². The number of nitrogens with one attached hydrogen (secondary N) is 1. The van der Waals surface area contributed by atoms with Gasteiger partial charge in [0.05, 0.1) is 17.6 Å². The van der Waals surface area contributed by atoms with E-state index in [1.54, 1.807) is 0 Å². The molecule has 1 unspecified atom stereocenters. The summed E-state index contributed by atoms with van der Waals surface area (Å²) in [6, 6.07) is 0.620. The van der Waals surface area contributed by atoms with Crippen molar-refractivity contribution in [2.45, 2.75) is 38.8 Å². The summed E-state index contributed by atoms with van der Waals surface area (Å²) in [5.41, 5.74) is 2.28. The van der Waals surface area contributed by atoms with Crippen LogP contribution in [0.5, 0.6) is 0 Å². The van der Waals surface area contributed by atoms with Gasteiger partial charge in [0.15, 0.2) is 0 Å². The fraction of sp³-hybridized carbons (Fsp3) is 0.714. The van der Waals surface area contributed by atoms with Gasteiger partial charge in [-0.2, -0.15) is 11.8 Å². The lowest BCUT2D eigenvalue weighted by molar-refractivity contribution is 0.673. The van der Waals surface area contributed by atoms with Gasteiger partial charge in [0, 0.05) is 31.3 Å². The Hall–Kier alpha value is -0.810. The lowest BCUT2D eigenvalue weighted by atomic mass is 10.1. The van der Waals surface area contributed by atoms with E-state index in [9.17, 15) is 0 Å². The number of thioether (sulfide) groups is 1. The molecule has 1 N–H and O–H groups in total. The van der Waals surface area contributed by atoms with Crippen molar-refractivity contribution >= 4 is 17.4 Å². The molecule has 2 heterocycles. The van der Waals surface area contributed by atoms with Gasteiger partial charge >= 0.3 is 0 Å². The fourth-order valence-corrected chi connectivity index (χ4v) is 3.59. The highest BCUT2D eigenvalue weighted by atomic mass is 32.2. The molecule has 1 aromatic heterocycles. The molecule has 1 aliphatic heterocycles. The maximum Gasteiger partial charge on any atom is 0.131 e. The minimum absolute atomic E-state index is 0.372. The van der Waals surface area contributed by atoms with E-state index in [1.165, 1.54) is 23.6 Å². The molecule has 1 fully saturated rings. The summed E-state index contributed by atoms with van der Waals surface area (Å²) in [5.74, 6) is 3.78. The van der Waals surface area contributed by atoms with Crippen molar-refractivity contribution in [1.29, 1.82) is 0 Å². The second-order valence-electron chi connectivity index (χ2n) is 5.37. The first-order valence-electron chi connectivity index (χ1n) is 6.94. The number of rotatable bonds is 5. The third-order valence-corrected chi connectivity index (χ3v) is 4.70. The zero-order valence-corrected chi connectivity index (χ0v) is 13.1.